The maximum absolute atomic E-state index is 12.8. The van der Waals surface area contributed by atoms with E-state index < -0.39 is 0 Å². The first-order valence-corrected chi connectivity index (χ1v) is 9.87. The number of aryl methyl sites for hydroxylation is 1. The van der Waals surface area contributed by atoms with E-state index in [1.807, 2.05) is 60.9 Å². The molecule has 1 aromatic heterocycles. The molecule has 0 bridgehead atoms. The lowest BCUT2D eigenvalue weighted by Crippen LogP contribution is -2.24. The third-order valence-corrected chi connectivity index (χ3v) is 5.43. The van der Waals surface area contributed by atoms with Crippen molar-refractivity contribution >= 4 is 23.4 Å². The molecular formula is C21H24N4OS. The maximum atomic E-state index is 12.8. The Morgan fingerprint density at radius 1 is 1.07 bits per heavy atom. The lowest BCUT2D eigenvalue weighted by molar-refractivity contribution is -0.115. The first-order valence-electron chi connectivity index (χ1n) is 9.00. The average Bonchev–Trinajstić information content (AvgIpc) is 3.11. The largest absolute Gasteiger partial charge is 0.325 e. The van der Waals surface area contributed by atoms with Crippen LogP contribution in [0.25, 0.3) is 5.69 Å². The molecule has 0 spiro atoms. The lowest BCUT2D eigenvalue weighted by Gasteiger charge is -2.18. The highest BCUT2D eigenvalue weighted by atomic mass is 32.2. The molecule has 0 fully saturated rings. The second-order valence-corrected chi connectivity index (χ2v) is 8.07. The minimum atomic E-state index is -0.309. The molecule has 2 aromatic carbocycles. The Bertz CT molecular complexity index is 921. The summed E-state index contributed by atoms with van der Waals surface area (Å²) >= 11 is 1.40. The molecule has 140 valence electrons. The SMILES string of the molecule is Cc1cccc(C(C)C)c1NC(=O)C(C)Sc1nncn1-c1ccccc1. The zero-order valence-corrected chi connectivity index (χ0v) is 16.8. The van der Waals surface area contributed by atoms with E-state index in [2.05, 4.69) is 35.4 Å². The normalized spacial score (nSPS) is 12.2. The number of nitrogens with zero attached hydrogens (tertiary/aromatic N) is 3. The standard InChI is InChI=1S/C21H24N4OS/c1-14(2)18-12-8-9-15(3)19(18)23-20(26)16(4)27-21-24-22-13-25(21)17-10-6-5-7-11-17/h5-14,16H,1-4H3,(H,23,26). The van der Waals surface area contributed by atoms with E-state index >= 15 is 0 Å². The van der Waals surface area contributed by atoms with Gasteiger partial charge < -0.3 is 5.32 Å². The number of benzene rings is 2. The number of anilines is 1. The first-order chi connectivity index (χ1) is 13.0. The second kappa shape index (κ2) is 8.39. The van der Waals surface area contributed by atoms with Crippen LogP contribution in [0.2, 0.25) is 0 Å². The Hall–Kier alpha value is -2.60. The van der Waals surface area contributed by atoms with Crippen LogP contribution in [-0.2, 0) is 4.79 Å². The van der Waals surface area contributed by atoms with E-state index in [-0.39, 0.29) is 11.2 Å². The molecule has 1 heterocycles. The van der Waals surface area contributed by atoms with E-state index in [1.54, 1.807) is 6.33 Å². The van der Waals surface area contributed by atoms with Crippen molar-refractivity contribution in [3.63, 3.8) is 0 Å². The number of hydrogen-bond donors (Lipinski definition) is 1. The summed E-state index contributed by atoms with van der Waals surface area (Å²) in [7, 11) is 0. The van der Waals surface area contributed by atoms with Gasteiger partial charge in [0.05, 0.1) is 5.25 Å². The van der Waals surface area contributed by atoms with Gasteiger partial charge in [-0.05, 0) is 43.0 Å². The fourth-order valence-corrected chi connectivity index (χ4v) is 3.69. The second-order valence-electron chi connectivity index (χ2n) is 6.76. The molecule has 6 heteroatoms. The molecule has 0 aliphatic rings. The number of carbonyl (C=O) groups is 1. The van der Waals surface area contributed by atoms with Gasteiger partial charge in [0.2, 0.25) is 5.91 Å². The predicted octanol–water partition coefficient (Wildman–Crippen LogP) is 4.82. The molecule has 0 radical (unpaired) electrons. The molecule has 5 nitrogen and oxygen atoms in total. The van der Waals surface area contributed by atoms with Gasteiger partial charge in [0.25, 0.3) is 0 Å². The van der Waals surface area contributed by atoms with Gasteiger partial charge in [-0.1, -0.05) is 62.0 Å². The molecule has 0 saturated carbocycles. The van der Waals surface area contributed by atoms with Gasteiger partial charge in [-0.25, -0.2) is 0 Å². The summed E-state index contributed by atoms with van der Waals surface area (Å²) in [6, 6.07) is 16.0. The van der Waals surface area contributed by atoms with Gasteiger partial charge in [-0.2, -0.15) is 0 Å². The summed E-state index contributed by atoms with van der Waals surface area (Å²) in [5.74, 6) is 0.295. The van der Waals surface area contributed by atoms with Crippen LogP contribution in [0.1, 0.15) is 37.8 Å². The fourth-order valence-electron chi connectivity index (χ4n) is 2.85. The van der Waals surface area contributed by atoms with Crippen LogP contribution in [0, 0.1) is 6.92 Å². The molecule has 3 aromatic rings. The van der Waals surface area contributed by atoms with Crippen LogP contribution in [0.4, 0.5) is 5.69 Å². The lowest BCUT2D eigenvalue weighted by atomic mass is 9.98. The van der Waals surface area contributed by atoms with Gasteiger partial charge in [0.15, 0.2) is 5.16 Å². The minimum Gasteiger partial charge on any atom is -0.325 e. The van der Waals surface area contributed by atoms with Crippen molar-refractivity contribution < 1.29 is 4.79 Å². The Morgan fingerprint density at radius 2 is 1.81 bits per heavy atom. The summed E-state index contributed by atoms with van der Waals surface area (Å²) in [5, 5.41) is 11.7. The molecule has 27 heavy (non-hydrogen) atoms. The van der Waals surface area contributed by atoms with Crippen LogP contribution < -0.4 is 5.32 Å². The van der Waals surface area contributed by atoms with Crippen LogP contribution in [0.3, 0.4) is 0 Å². The van der Waals surface area contributed by atoms with Gasteiger partial charge in [-0.15, -0.1) is 10.2 Å². The van der Waals surface area contributed by atoms with Gasteiger partial charge in [0, 0.05) is 11.4 Å². The molecule has 0 aliphatic carbocycles. The zero-order valence-electron chi connectivity index (χ0n) is 16.0. The van der Waals surface area contributed by atoms with E-state index in [1.165, 1.54) is 11.8 Å². The molecule has 0 saturated heterocycles. The third kappa shape index (κ3) is 4.39. The number of amides is 1. The van der Waals surface area contributed by atoms with Crippen molar-refractivity contribution in [1.29, 1.82) is 0 Å². The topological polar surface area (TPSA) is 59.8 Å². The molecular weight excluding hydrogens is 356 g/mol. The van der Waals surface area contributed by atoms with Crippen molar-refractivity contribution in [2.75, 3.05) is 5.32 Å². The summed E-state index contributed by atoms with van der Waals surface area (Å²) in [5.41, 5.74) is 4.10. The Labute approximate surface area is 164 Å². The Balaban J connectivity index is 1.76. The third-order valence-electron chi connectivity index (χ3n) is 4.38. The van der Waals surface area contributed by atoms with E-state index in [0.717, 1.165) is 22.5 Å². The highest BCUT2D eigenvalue weighted by molar-refractivity contribution is 8.00. The van der Waals surface area contributed by atoms with Crippen molar-refractivity contribution in [1.82, 2.24) is 14.8 Å². The molecule has 1 amide bonds. The Morgan fingerprint density at radius 3 is 2.52 bits per heavy atom. The summed E-state index contributed by atoms with van der Waals surface area (Å²) in [6.07, 6.45) is 1.67. The molecule has 3 rings (SSSR count). The first kappa shape index (κ1) is 19.2. The molecule has 0 aliphatic heterocycles. The number of para-hydroxylation sites is 2. The number of rotatable bonds is 6. The summed E-state index contributed by atoms with van der Waals surface area (Å²) in [6.45, 7) is 8.17. The number of nitrogens with one attached hydrogen (secondary N) is 1. The van der Waals surface area contributed by atoms with Crippen molar-refractivity contribution in [2.24, 2.45) is 0 Å². The van der Waals surface area contributed by atoms with Gasteiger partial charge >= 0.3 is 0 Å². The molecule has 1 N–H and O–H groups in total. The van der Waals surface area contributed by atoms with Gasteiger partial charge in [0.1, 0.15) is 6.33 Å². The quantitative estimate of drug-likeness (QED) is 0.623. The van der Waals surface area contributed by atoms with Crippen LogP contribution in [0.5, 0.6) is 0 Å². The zero-order chi connectivity index (χ0) is 19.4. The molecule has 1 unspecified atom stereocenters. The number of thioether (sulfide) groups is 1. The smallest absolute Gasteiger partial charge is 0.237 e. The number of hydrogen-bond acceptors (Lipinski definition) is 4. The summed E-state index contributed by atoms with van der Waals surface area (Å²) in [4.78, 5) is 12.8. The fraction of sp³-hybridized carbons (Fsp3) is 0.286. The van der Waals surface area contributed by atoms with E-state index in [4.69, 9.17) is 0 Å². The van der Waals surface area contributed by atoms with Crippen molar-refractivity contribution in [2.45, 2.75) is 44.0 Å². The Kier molecular flexibility index (Phi) is 5.96. The van der Waals surface area contributed by atoms with Crippen LogP contribution >= 0.6 is 11.8 Å². The highest BCUT2D eigenvalue weighted by Crippen LogP contribution is 2.29. The number of aromatic nitrogens is 3. The number of carbonyl (C=O) groups excluding carboxylic acids is 1. The monoisotopic (exact) mass is 380 g/mol. The highest BCUT2D eigenvalue weighted by Gasteiger charge is 2.20. The molecule has 1 atom stereocenters. The maximum Gasteiger partial charge on any atom is 0.237 e. The van der Waals surface area contributed by atoms with E-state index in [0.29, 0.717) is 11.1 Å². The predicted molar refractivity (Wildman–Crippen MR) is 111 cm³/mol. The van der Waals surface area contributed by atoms with Crippen molar-refractivity contribution in [3.05, 3.63) is 66.0 Å². The van der Waals surface area contributed by atoms with Gasteiger partial charge in [-0.3, -0.25) is 9.36 Å². The van der Waals surface area contributed by atoms with Crippen molar-refractivity contribution in [3.8, 4) is 5.69 Å². The average molecular weight is 381 g/mol. The van der Waals surface area contributed by atoms with Crippen LogP contribution in [0.15, 0.2) is 60.0 Å². The summed E-state index contributed by atoms with van der Waals surface area (Å²) < 4.78 is 1.89. The van der Waals surface area contributed by atoms with Crippen LogP contribution in [-0.4, -0.2) is 25.9 Å². The van der Waals surface area contributed by atoms with E-state index in [9.17, 15) is 4.79 Å². The minimum absolute atomic E-state index is 0.0428.